The van der Waals surface area contributed by atoms with Crippen molar-refractivity contribution >= 4 is 17.2 Å². The molecule has 134 valence electrons. The SMILES string of the molecule is CC(C)N1CCC(N(C)C(=O)c2cc3c(s2)CCCCCC3)CC1. The second-order valence-corrected chi connectivity index (χ2v) is 8.89. The fraction of sp³-hybridized carbons (Fsp3) is 0.750. The molecular weight excluding hydrogens is 316 g/mol. The number of aryl methyl sites for hydroxylation is 2. The number of hydrogen-bond acceptors (Lipinski definition) is 3. The molecule has 1 aliphatic heterocycles. The van der Waals surface area contributed by atoms with Gasteiger partial charge in [0.15, 0.2) is 0 Å². The quantitative estimate of drug-likeness (QED) is 0.811. The Morgan fingerprint density at radius 2 is 1.83 bits per heavy atom. The summed E-state index contributed by atoms with van der Waals surface area (Å²) in [6, 6.07) is 3.22. The van der Waals surface area contributed by atoms with Crippen molar-refractivity contribution in [2.24, 2.45) is 0 Å². The lowest BCUT2D eigenvalue weighted by Crippen LogP contribution is -2.47. The molecule has 0 spiro atoms. The van der Waals surface area contributed by atoms with Crippen molar-refractivity contribution in [2.45, 2.75) is 77.3 Å². The molecule has 1 amide bonds. The highest BCUT2D eigenvalue weighted by Gasteiger charge is 2.28. The largest absolute Gasteiger partial charge is 0.338 e. The summed E-state index contributed by atoms with van der Waals surface area (Å²) in [6.45, 7) is 6.74. The van der Waals surface area contributed by atoms with Gasteiger partial charge in [0.25, 0.3) is 5.91 Å². The summed E-state index contributed by atoms with van der Waals surface area (Å²) in [5, 5.41) is 0. The summed E-state index contributed by atoms with van der Waals surface area (Å²) in [6.07, 6.45) is 9.78. The lowest BCUT2D eigenvalue weighted by Gasteiger charge is -2.38. The second-order valence-electron chi connectivity index (χ2n) is 7.75. The molecule has 3 rings (SSSR count). The summed E-state index contributed by atoms with van der Waals surface area (Å²) in [7, 11) is 2.01. The normalized spacial score (nSPS) is 20.5. The summed E-state index contributed by atoms with van der Waals surface area (Å²) in [4.78, 5) is 20.0. The molecule has 0 unspecified atom stereocenters. The van der Waals surface area contributed by atoms with Crippen LogP contribution in [0.1, 0.15) is 72.5 Å². The maximum absolute atomic E-state index is 13.0. The number of rotatable bonds is 3. The Morgan fingerprint density at radius 3 is 2.50 bits per heavy atom. The zero-order valence-corrected chi connectivity index (χ0v) is 16.3. The summed E-state index contributed by atoms with van der Waals surface area (Å²) >= 11 is 1.76. The van der Waals surface area contributed by atoms with Crippen LogP contribution in [0.3, 0.4) is 0 Å². The summed E-state index contributed by atoms with van der Waals surface area (Å²) in [5.41, 5.74) is 1.45. The number of likely N-dealkylation sites (tertiary alicyclic amines) is 1. The number of carbonyl (C=O) groups excluding carboxylic acids is 1. The lowest BCUT2D eigenvalue weighted by molar-refractivity contribution is 0.0620. The highest BCUT2D eigenvalue weighted by Crippen LogP contribution is 2.30. The van der Waals surface area contributed by atoms with Crippen LogP contribution in [-0.2, 0) is 12.8 Å². The number of nitrogens with zero attached hydrogens (tertiary/aromatic N) is 2. The van der Waals surface area contributed by atoms with Crippen LogP contribution in [0.5, 0.6) is 0 Å². The average molecular weight is 349 g/mol. The number of thiophene rings is 1. The van der Waals surface area contributed by atoms with Crippen LogP contribution in [0.4, 0.5) is 0 Å². The first-order valence-electron chi connectivity index (χ1n) is 9.69. The molecular formula is C20H32N2OS. The van der Waals surface area contributed by atoms with Gasteiger partial charge in [-0.05, 0) is 64.0 Å². The van der Waals surface area contributed by atoms with Crippen molar-refractivity contribution in [3.05, 3.63) is 21.4 Å². The monoisotopic (exact) mass is 348 g/mol. The smallest absolute Gasteiger partial charge is 0.263 e. The minimum absolute atomic E-state index is 0.245. The van der Waals surface area contributed by atoms with E-state index in [0.717, 1.165) is 37.2 Å². The zero-order chi connectivity index (χ0) is 17.1. The van der Waals surface area contributed by atoms with Crippen LogP contribution >= 0.6 is 11.3 Å². The molecule has 0 radical (unpaired) electrons. The van der Waals surface area contributed by atoms with E-state index in [0.29, 0.717) is 12.1 Å². The van der Waals surface area contributed by atoms with Gasteiger partial charge in [0.2, 0.25) is 0 Å². The van der Waals surface area contributed by atoms with Gasteiger partial charge in [-0.1, -0.05) is 12.8 Å². The van der Waals surface area contributed by atoms with E-state index >= 15 is 0 Å². The molecule has 0 saturated carbocycles. The Hall–Kier alpha value is -0.870. The molecule has 0 bridgehead atoms. The van der Waals surface area contributed by atoms with E-state index in [2.05, 4.69) is 24.8 Å². The van der Waals surface area contributed by atoms with Crippen molar-refractivity contribution in [3.63, 3.8) is 0 Å². The van der Waals surface area contributed by atoms with Crippen LogP contribution in [0.15, 0.2) is 6.07 Å². The summed E-state index contributed by atoms with van der Waals surface area (Å²) < 4.78 is 0. The van der Waals surface area contributed by atoms with Gasteiger partial charge in [0, 0.05) is 37.1 Å². The van der Waals surface area contributed by atoms with Crippen LogP contribution in [0.2, 0.25) is 0 Å². The first kappa shape index (κ1) is 17.9. The van der Waals surface area contributed by atoms with Crippen molar-refractivity contribution in [2.75, 3.05) is 20.1 Å². The number of piperidine rings is 1. The maximum Gasteiger partial charge on any atom is 0.263 e. The van der Waals surface area contributed by atoms with Crippen LogP contribution in [-0.4, -0.2) is 47.9 Å². The van der Waals surface area contributed by atoms with Gasteiger partial charge >= 0.3 is 0 Å². The van der Waals surface area contributed by atoms with Gasteiger partial charge in [0.1, 0.15) is 0 Å². The van der Waals surface area contributed by atoms with Gasteiger partial charge in [0.05, 0.1) is 4.88 Å². The van der Waals surface area contributed by atoms with E-state index in [1.165, 1.54) is 42.5 Å². The Morgan fingerprint density at radius 1 is 1.17 bits per heavy atom. The van der Waals surface area contributed by atoms with Crippen LogP contribution < -0.4 is 0 Å². The molecule has 1 aromatic rings. The first-order chi connectivity index (χ1) is 11.6. The van der Waals surface area contributed by atoms with Crippen LogP contribution in [0.25, 0.3) is 0 Å². The van der Waals surface area contributed by atoms with Gasteiger partial charge < -0.3 is 9.80 Å². The molecule has 0 aromatic carbocycles. The van der Waals surface area contributed by atoms with E-state index in [1.807, 2.05) is 11.9 Å². The first-order valence-corrected chi connectivity index (χ1v) is 10.5. The summed E-state index contributed by atoms with van der Waals surface area (Å²) in [5.74, 6) is 0.245. The lowest BCUT2D eigenvalue weighted by atomic mass is 9.99. The zero-order valence-electron chi connectivity index (χ0n) is 15.5. The van der Waals surface area contributed by atoms with Crippen molar-refractivity contribution in [1.82, 2.24) is 9.80 Å². The predicted molar refractivity (Wildman–Crippen MR) is 102 cm³/mol. The number of hydrogen-bond donors (Lipinski definition) is 0. The molecule has 1 aromatic heterocycles. The molecule has 0 atom stereocenters. The van der Waals surface area contributed by atoms with E-state index < -0.39 is 0 Å². The highest BCUT2D eigenvalue weighted by molar-refractivity contribution is 7.14. The predicted octanol–water partition coefficient (Wildman–Crippen LogP) is 4.35. The highest BCUT2D eigenvalue weighted by atomic mass is 32.1. The molecule has 1 aliphatic carbocycles. The standard InChI is InChI=1S/C20H32N2OS/c1-15(2)22-12-10-17(11-13-22)21(3)20(23)19-14-16-8-6-4-5-7-9-18(16)24-19/h14-15,17H,4-13H2,1-3H3. The van der Waals surface area contributed by atoms with Gasteiger partial charge in [-0.25, -0.2) is 0 Å². The molecule has 4 heteroatoms. The van der Waals surface area contributed by atoms with Crippen molar-refractivity contribution in [1.29, 1.82) is 0 Å². The fourth-order valence-electron chi connectivity index (χ4n) is 4.08. The molecule has 1 saturated heterocycles. The van der Waals surface area contributed by atoms with E-state index in [-0.39, 0.29) is 5.91 Å². The third kappa shape index (κ3) is 4.02. The third-order valence-electron chi connectivity index (χ3n) is 5.80. The van der Waals surface area contributed by atoms with Gasteiger partial charge in [-0.3, -0.25) is 4.79 Å². The Labute approximate surface area is 151 Å². The Bertz CT molecular complexity index is 532. The van der Waals surface area contributed by atoms with Gasteiger partial charge in [-0.15, -0.1) is 11.3 Å². The minimum Gasteiger partial charge on any atom is -0.338 e. The van der Waals surface area contributed by atoms with Crippen molar-refractivity contribution < 1.29 is 4.79 Å². The fourth-order valence-corrected chi connectivity index (χ4v) is 5.32. The van der Waals surface area contributed by atoms with E-state index in [1.54, 1.807) is 11.3 Å². The minimum atomic E-state index is 0.245. The van der Waals surface area contributed by atoms with E-state index in [4.69, 9.17) is 0 Å². The Kier molecular flexibility index (Phi) is 5.98. The molecule has 24 heavy (non-hydrogen) atoms. The topological polar surface area (TPSA) is 23.6 Å². The number of amides is 1. The van der Waals surface area contributed by atoms with Crippen molar-refractivity contribution in [3.8, 4) is 0 Å². The molecule has 0 N–H and O–H groups in total. The number of fused-ring (bicyclic) bond motifs is 1. The van der Waals surface area contributed by atoms with Gasteiger partial charge in [-0.2, -0.15) is 0 Å². The molecule has 1 fully saturated rings. The second kappa shape index (κ2) is 8.01. The maximum atomic E-state index is 13.0. The molecule has 3 nitrogen and oxygen atoms in total. The van der Waals surface area contributed by atoms with Crippen LogP contribution in [0, 0.1) is 0 Å². The molecule has 2 heterocycles. The average Bonchev–Trinajstić information content (AvgIpc) is 2.95. The number of carbonyl (C=O) groups is 1. The molecule has 2 aliphatic rings. The Balaban J connectivity index is 1.64. The van der Waals surface area contributed by atoms with E-state index in [9.17, 15) is 4.79 Å². The third-order valence-corrected chi connectivity index (χ3v) is 7.03.